The van der Waals surface area contributed by atoms with E-state index in [9.17, 15) is 9.18 Å². The minimum absolute atomic E-state index is 0.101. The van der Waals surface area contributed by atoms with Gasteiger partial charge in [0.2, 0.25) is 0 Å². The Balaban J connectivity index is 2.71. The molecular weight excluding hydrogens is 215 g/mol. The van der Waals surface area contributed by atoms with Crippen LogP contribution in [0.1, 0.15) is 12.5 Å². The Kier molecular flexibility index (Phi) is 4.25. The molecule has 0 fully saturated rings. The first-order chi connectivity index (χ1) is 7.56. The molecule has 88 valence electrons. The number of carbonyl (C=O) groups is 1. The van der Waals surface area contributed by atoms with Crippen molar-refractivity contribution in [2.45, 2.75) is 19.6 Å². The number of carboxylic acid groups (broad SMARTS) is 1. The van der Waals surface area contributed by atoms with Crippen molar-refractivity contribution in [3.8, 4) is 5.75 Å². The van der Waals surface area contributed by atoms with Gasteiger partial charge in [0.1, 0.15) is 0 Å². The monoisotopic (exact) mass is 228 g/mol. The van der Waals surface area contributed by atoms with Gasteiger partial charge in [0, 0.05) is 5.56 Å². The van der Waals surface area contributed by atoms with Crippen LogP contribution in [0.4, 0.5) is 4.39 Å². The summed E-state index contributed by atoms with van der Waals surface area (Å²) in [6.45, 7) is 1.29. The highest BCUT2D eigenvalue weighted by Crippen LogP contribution is 2.20. The summed E-state index contributed by atoms with van der Waals surface area (Å²) >= 11 is 0. The molecule has 0 spiro atoms. The number of hydrogen-bond donors (Lipinski definition) is 1. The molecule has 0 heterocycles. The molecule has 0 unspecified atom stereocenters. The molecule has 4 nitrogen and oxygen atoms in total. The summed E-state index contributed by atoms with van der Waals surface area (Å²) in [5, 5.41) is 8.59. The van der Waals surface area contributed by atoms with Gasteiger partial charge in [0.05, 0.1) is 13.7 Å². The highest BCUT2D eigenvalue weighted by Gasteiger charge is 2.13. The highest BCUT2D eigenvalue weighted by atomic mass is 19.1. The molecule has 16 heavy (non-hydrogen) atoms. The van der Waals surface area contributed by atoms with Gasteiger partial charge in [-0.25, -0.2) is 9.18 Å². The zero-order chi connectivity index (χ0) is 12.1. The number of carboxylic acids is 1. The van der Waals surface area contributed by atoms with Gasteiger partial charge in [0.25, 0.3) is 0 Å². The first-order valence-corrected chi connectivity index (χ1v) is 4.72. The molecule has 0 amide bonds. The zero-order valence-electron chi connectivity index (χ0n) is 9.07. The average molecular weight is 228 g/mol. The molecule has 1 rings (SSSR count). The lowest BCUT2D eigenvalue weighted by atomic mass is 10.2. The minimum atomic E-state index is -1.08. The number of benzene rings is 1. The first-order valence-electron chi connectivity index (χ1n) is 4.72. The number of hydrogen-bond acceptors (Lipinski definition) is 3. The normalized spacial score (nSPS) is 12.2. The van der Waals surface area contributed by atoms with E-state index in [0.29, 0.717) is 0 Å². The second kappa shape index (κ2) is 5.46. The molecule has 1 aromatic carbocycles. The van der Waals surface area contributed by atoms with Gasteiger partial charge >= 0.3 is 5.97 Å². The molecule has 0 aliphatic carbocycles. The van der Waals surface area contributed by atoms with Crippen molar-refractivity contribution >= 4 is 5.97 Å². The predicted octanol–water partition coefficient (Wildman–Crippen LogP) is 1.82. The summed E-state index contributed by atoms with van der Waals surface area (Å²) in [7, 11) is 1.36. The number of halogens is 1. The third-order valence-corrected chi connectivity index (χ3v) is 2.10. The summed E-state index contributed by atoms with van der Waals surface area (Å²) in [6, 6.07) is 4.62. The quantitative estimate of drug-likeness (QED) is 0.835. The Labute approximate surface area is 92.6 Å². The fourth-order valence-electron chi connectivity index (χ4n) is 1.11. The predicted molar refractivity (Wildman–Crippen MR) is 54.8 cm³/mol. The summed E-state index contributed by atoms with van der Waals surface area (Å²) in [6.07, 6.45) is -0.967. The fourth-order valence-corrected chi connectivity index (χ4v) is 1.11. The van der Waals surface area contributed by atoms with E-state index in [1.165, 1.54) is 26.2 Å². The van der Waals surface area contributed by atoms with E-state index in [4.69, 9.17) is 14.6 Å². The molecular formula is C11H13FO4. The highest BCUT2D eigenvalue weighted by molar-refractivity contribution is 5.71. The van der Waals surface area contributed by atoms with Crippen LogP contribution in [0, 0.1) is 5.82 Å². The molecule has 1 atom stereocenters. The van der Waals surface area contributed by atoms with Crippen molar-refractivity contribution in [2.75, 3.05) is 7.11 Å². The molecule has 0 aliphatic rings. The van der Waals surface area contributed by atoms with Crippen LogP contribution in [0.5, 0.6) is 5.75 Å². The third kappa shape index (κ3) is 2.93. The SMILES string of the molecule is COc1cccc(CO[C@H](C)C(=O)O)c1F. The van der Waals surface area contributed by atoms with Crippen molar-refractivity contribution in [1.82, 2.24) is 0 Å². The van der Waals surface area contributed by atoms with Crippen LogP contribution in [-0.4, -0.2) is 24.3 Å². The van der Waals surface area contributed by atoms with Crippen LogP contribution in [0.3, 0.4) is 0 Å². The third-order valence-electron chi connectivity index (χ3n) is 2.10. The average Bonchev–Trinajstić information content (AvgIpc) is 2.27. The number of rotatable bonds is 5. The zero-order valence-corrected chi connectivity index (χ0v) is 9.07. The van der Waals surface area contributed by atoms with Crippen molar-refractivity contribution in [3.05, 3.63) is 29.6 Å². The van der Waals surface area contributed by atoms with Gasteiger partial charge in [-0.15, -0.1) is 0 Å². The van der Waals surface area contributed by atoms with E-state index in [-0.39, 0.29) is 17.9 Å². The topological polar surface area (TPSA) is 55.8 Å². The van der Waals surface area contributed by atoms with Gasteiger partial charge in [-0.05, 0) is 13.0 Å². The lowest BCUT2D eigenvalue weighted by Crippen LogP contribution is -2.19. The van der Waals surface area contributed by atoms with Crippen molar-refractivity contribution < 1.29 is 23.8 Å². The van der Waals surface area contributed by atoms with Crippen molar-refractivity contribution in [1.29, 1.82) is 0 Å². The summed E-state index contributed by atoms with van der Waals surface area (Å²) in [5.74, 6) is -1.49. The molecule has 0 bridgehead atoms. The number of ether oxygens (including phenoxy) is 2. The van der Waals surface area contributed by atoms with Gasteiger partial charge in [-0.1, -0.05) is 12.1 Å². The lowest BCUT2D eigenvalue weighted by molar-refractivity contribution is -0.149. The molecule has 0 aromatic heterocycles. The maximum absolute atomic E-state index is 13.6. The molecule has 1 N–H and O–H groups in total. The smallest absolute Gasteiger partial charge is 0.332 e. The fraction of sp³-hybridized carbons (Fsp3) is 0.364. The van der Waals surface area contributed by atoms with Gasteiger partial charge in [-0.3, -0.25) is 0 Å². The van der Waals surface area contributed by atoms with Crippen LogP contribution in [-0.2, 0) is 16.1 Å². The molecule has 5 heteroatoms. The molecule has 1 aromatic rings. The minimum Gasteiger partial charge on any atom is -0.494 e. The summed E-state index contributed by atoms with van der Waals surface area (Å²) in [4.78, 5) is 10.5. The number of methoxy groups -OCH3 is 1. The largest absolute Gasteiger partial charge is 0.494 e. The Morgan fingerprint density at radius 1 is 1.56 bits per heavy atom. The first kappa shape index (κ1) is 12.4. The van der Waals surface area contributed by atoms with Gasteiger partial charge in [-0.2, -0.15) is 0 Å². The summed E-state index contributed by atoms with van der Waals surface area (Å²) < 4.78 is 23.3. The van der Waals surface area contributed by atoms with Crippen LogP contribution in [0.2, 0.25) is 0 Å². The Bertz CT molecular complexity index is 378. The van der Waals surface area contributed by atoms with E-state index < -0.39 is 17.9 Å². The van der Waals surface area contributed by atoms with Gasteiger partial charge in [0.15, 0.2) is 17.7 Å². The van der Waals surface area contributed by atoms with Crippen molar-refractivity contribution in [3.63, 3.8) is 0 Å². The molecule has 0 saturated heterocycles. The van der Waals surface area contributed by atoms with Crippen LogP contribution in [0.15, 0.2) is 18.2 Å². The second-order valence-electron chi connectivity index (χ2n) is 3.22. The number of aliphatic carboxylic acids is 1. The molecule has 0 aliphatic heterocycles. The van der Waals surface area contributed by atoms with Crippen molar-refractivity contribution in [2.24, 2.45) is 0 Å². The van der Waals surface area contributed by atoms with Crippen LogP contribution in [0.25, 0.3) is 0 Å². The van der Waals surface area contributed by atoms with E-state index in [1.807, 2.05) is 0 Å². The van der Waals surface area contributed by atoms with E-state index >= 15 is 0 Å². The second-order valence-corrected chi connectivity index (χ2v) is 3.22. The van der Waals surface area contributed by atoms with E-state index in [2.05, 4.69) is 0 Å². The molecule has 0 saturated carbocycles. The van der Waals surface area contributed by atoms with Crippen LogP contribution < -0.4 is 4.74 Å². The van der Waals surface area contributed by atoms with E-state index in [0.717, 1.165) is 0 Å². The maximum Gasteiger partial charge on any atom is 0.332 e. The van der Waals surface area contributed by atoms with Crippen LogP contribution >= 0.6 is 0 Å². The standard InChI is InChI=1S/C11H13FO4/c1-7(11(13)14)16-6-8-4-3-5-9(15-2)10(8)12/h3-5,7H,6H2,1-2H3,(H,13,14)/t7-/m1/s1. The Hall–Kier alpha value is -1.62. The van der Waals surface area contributed by atoms with E-state index in [1.54, 1.807) is 6.07 Å². The van der Waals surface area contributed by atoms with Gasteiger partial charge < -0.3 is 14.6 Å². The summed E-state index contributed by atoms with van der Waals surface area (Å²) in [5.41, 5.74) is 0.271. The Morgan fingerprint density at radius 3 is 2.81 bits per heavy atom. The maximum atomic E-state index is 13.6. The lowest BCUT2D eigenvalue weighted by Gasteiger charge is -2.10. The Morgan fingerprint density at radius 2 is 2.25 bits per heavy atom. The molecule has 0 radical (unpaired) electrons.